The Morgan fingerprint density at radius 3 is 2.75 bits per heavy atom. The molecule has 1 atom stereocenters. The lowest BCUT2D eigenvalue weighted by molar-refractivity contribution is 0.782. The third-order valence-electron chi connectivity index (χ3n) is 1.99. The maximum Gasteiger partial charge on any atom is 0.0267 e. The molecule has 1 heteroatoms. The van der Waals surface area contributed by atoms with Crippen molar-refractivity contribution in [1.29, 1.82) is 0 Å². The minimum atomic E-state index is 0.412. The highest BCUT2D eigenvalue weighted by atomic mass is 32.1. The van der Waals surface area contributed by atoms with E-state index >= 15 is 0 Å². The molecule has 0 saturated carbocycles. The van der Waals surface area contributed by atoms with Crippen LogP contribution in [0.25, 0.3) is 0 Å². The van der Waals surface area contributed by atoms with Gasteiger partial charge in [-0.3, -0.25) is 0 Å². The molecule has 0 saturated heterocycles. The third kappa shape index (κ3) is 2.56. The maximum absolute atomic E-state index is 4.55. The number of rotatable bonds is 3. The quantitative estimate of drug-likeness (QED) is 0.673. The summed E-state index contributed by atoms with van der Waals surface area (Å²) in [5.41, 5.74) is 2.67. The second-order valence-corrected chi connectivity index (χ2v) is 3.84. The number of thiol groups is 1. The molecule has 1 unspecified atom stereocenters. The van der Waals surface area contributed by atoms with Crippen LogP contribution in [-0.4, -0.2) is 0 Å². The first-order chi connectivity index (χ1) is 5.74. The zero-order valence-electron chi connectivity index (χ0n) is 7.75. The molecule has 1 aromatic carbocycles. The Kier molecular flexibility index (Phi) is 3.67. The van der Waals surface area contributed by atoms with E-state index in [9.17, 15) is 0 Å². The molecule has 66 valence electrons. The second kappa shape index (κ2) is 4.56. The Morgan fingerprint density at radius 2 is 2.17 bits per heavy atom. The molecule has 0 heterocycles. The Balaban J connectivity index is 2.73. The van der Waals surface area contributed by atoms with Crippen molar-refractivity contribution in [2.24, 2.45) is 0 Å². The van der Waals surface area contributed by atoms with Crippen LogP contribution in [0.1, 0.15) is 36.1 Å². The summed E-state index contributed by atoms with van der Waals surface area (Å²) in [5, 5.41) is 0.412. The minimum Gasteiger partial charge on any atom is -0.171 e. The van der Waals surface area contributed by atoms with Gasteiger partial charge in [-0.15, -0.1) is 0 Å². The van der Waals surface area contributed by atoms with Crippen LogP contribution in [0.15, 0.2) is 24.3 Å². The Morgan fingerprint density at radius 1 is 1.42 bits per heavy atom. The molecule has 12 heavy (non-hydrogen) atoms. The molecule has 0 amide bonds. The lowest BCUT2D eigenvalue weighted by Gasteiger charge is -2.09. The van der Waals surface area contributed by atoms with E-state index in [0.717, 1.165) is 6.42 Å². The summed E-state index contributed by atoms with van der Waals surface area (Å²) < 4.78 is 0. The molecule has 0 fully saturated rings. The average molecular weight is 180 g/mol. The van der Waals surface area contributed by atoms with Gasteiger partial charge in [0.25, 0.3) is 0 Å². The van der Waals surface area contributed by atoms with Crippen LogP contribution in [0.4, 0.5) is 0 Å². The van der Waals surface area contributed by atoms with Gasteiger partial charge in [-0.05, 0) is 18.9 Å². The van der Waals surface area contributed by atoms with Gasteiger partial charge in [0.1, 0.15) is 0 Å². The van der Waals surface area contributed by atoms with Gasteiger partial charge in [0.2, 0.25) is 0 Å². The monoisotopic (exact) mass is 180 g/mol. The van der Waals surface area contributed by atoms with E-state index in [2.05, 4.69) is 50.7 Å². The molecule has 0 aliphatic carbocycles. The highest BCUT2D eigenvalue weighted by Crippen LogP contribution is 2.25. The molecule has 0 aliphatic heterocycles. The van der Waals surface area contributed by atoms with Gasteiger partial charge in [0, 0.05) is 5.25 Å². The molecule has 1 aromatic rings. The SMILES string of the molecule is CCCC(S)c1cccc(C)c1. The van der Waals surface area contributed by atoms with Crippen molar-refractivity contribution in [2.75, 3.05) is 0 Å². The predicted molar refractivity (Wildman–Crippen MR) is 57.8 cm³/mol. The fourth-order valence-corrected chi connectivity index (χ4v) is 1.74. The molecule has 1 rings (SSSR count). The predicted octanol–water partition coefficient (Wildman–Crippen LogP) is 3.77. The van der Waals surface area contributed by atoms with Crippen molar-refractivity contribution in [3.8, 4) is 0 Å². The van der Waals surface area contributed by atoms with Gasteiger partial charge in [0.15, 0.2) is 0 Å². The van der Waals surface area contributed by atoms with Gasteiger partial charge in [-0.2, -0.15) is 12.6 Å². The van der Waals surface area contributed by atoms with Crippen LogP contribution in [0.5, 0.6) is 0 Å². The maximum atomic E-state index is 4.55. The number of benzene rings is 1. The van der Waals surface area contributed by atoms with Crippen LogP contribution in [0, 0.1) is 6.92 Å². The highest BCUT2D eigenvalue weighted by molar-refractivity contribution is 7.80. The average Bonchev–Trinajstić information content (AvgIpc) is 2.05. The zero-order valence-corrected chi connectivity index (χ0v) is 8.64. The lowest BCUT2D eigenvalue weighted by atomic mass is 10.1. The van der Waals surface area contributed by atoms with E-state index in [-0.39, 0.29) is 0 Å². The molecule has 0 radical (unpaired) electrons. The summed E-state index contributed by atoms with van der Waals surface area (Å²) in [6, 6.07) is 8.59. The fraction of sp³-hybridized carbons (Fsp3) is 0.455. The Labute approximate surface area is 80.4 Å². The molecular weight excluding hydrogens is 164 g/mol. The van der Waals surface area contributed by atoms with E-state index in [1.807, 2.05) is 0 Å². The number of hydrogen-bond acceptors (Lipinski definition) is 1. The minimum absolute atomic E-state index is 0.412. The normalized spacial score (nSPS) is 12.9. The lowest BCUT2D eigenvalue weighted by Crippen LogP contribution is -1.89. The van der Waals surface area contributed by atoms with Crippen LogP contribution in [0.3, 0.4) is 0 Å². The summed E-state index contributed by atoms with van der Waals surface area (Å²) in [6.45, 7) is 4.31. The van der Waals surface area contributed by atoms with Gasteiger partial charge in [-0.1, -0.05) is 43.2 Å². The molecule has 0 N–H and O–H groups in total. The molecule has 0 aliphatic rings. The van der Waals surface area contributed by atoms with Crippen molar-refractivity contribution in [3.05, 3.63) is 35.4 Å². The number of aryl methyl sites for hydroxylation is 1. The third-order valence-corrected chi connectivity index (χ3v) is 2.55. The largest absolute Gasteiger partial charge is 0.171 e. The van der Waals surface area contributed by atoms with E-state index in [1.54, 1.807) is 0 Å². The van der Waals surface area contributed by atoms with Crippen molar-refractivity contribution in [1.82, 2.24) is 0 Å². The summed E-state index contributed by atoms with van der Waals surface area (Å²) in [7, 11) is 0. The molecule has 0 nitrogen and oxygen atoms in total. The van der Waals surface area contributed by atoms with Crippen molar-refractivity contribution in [3.63, 3.8) is 0 Å². The van der Waals surface area contributed by atoms with Gasteiger partial charge >= 0.3 is 0 Å². The first kappa shape index (κ1) is 9.66. The van der Waals surface area contributed by atoms with Crippen molar-refractivity contribution in [2.45, 2.75) is 31.9 Å². The van der Waals surface area contributed by atoms with Crippen molar-refractivity contribution < 1.29 is 0 Å². The van der Waals surface area contributed by atoms with Gasteiger partial charge < -0.3 is 0 Å². The summed E-state index contributed by atoms with van der Waals surface area (Å²) in [5.74, 6) is 0. The fourth-order valence-electron chi connectivity index (χ4n) is 1.32. The smallest absolute Gasteiger partial charge is 0.0267 e. The van der Waals surface area contributed by atoms with Gasteiger partial charge in [-0.25, -0.2) is 0 Å². The Bertz CT molecular complexity index is 243. The second-order valence-electron chi connectivity index (χ2n) is 3.22. The van der Waals surface area contributed by atoms with E-state index < -0.39 is 0 Å². The zero-order chi connectivity index (χ0) is 8.97. The molecule has 0 aromatic heterocycles. The van der Waals surface area contributed by atoms with Gasteiger partial charge in [0.05, 0.1) is 0 Å². The molecule has 0 bridgehead atoms. The van der Waals surface area contributed by atoms with Crippen LogP contribution >= 0.6 is 12.6 Å². The topological polar surface area (TPSA) is 0 Å². The first-order valence-electron chi connectivity index (χ1n) is 4.48. The van der Waals surface area contributed by atoms with Crippen molar-refractivity contribution >= 4 is 12.6 Å². The molecular formula is C11H16S. The first-order valence-corrected chi connectivity index (χ1v) is 5.00. The van der Waals surface area contributed by atoms with Crippen LogP contribution in [0.2, 0.25) is 0 Å². The van der Waals surface area contributed by atoms with Crippen LogP contribution < -0.4 is 0 Å². The van der Waals surface area contributed by atoms with E-state index in [4.69, 9.17) is 0 Å². The van der Waals surface area contributed by atoms with Crippen LogP contribution in [-0.2, 0) is 0 Å². The highest BCUT2D eigenvalue weighted by Gasteiger charge is 2.03. The number of hydrogen-bond donors (Lipinski definition) is 1. The van der Waals surface area contributed by atoms with E-state index in [0.29, 0.717) is 5.25 Å². The standard InChI is InChI=1S/C11H16S/c1-3-5-11(12)10-7-4-6-9(2)8-10/h4,6-8,11-12H,3,5H2,1-2H3. The molecule has 0 spiro atoms. The summed E-state index contributed by atoms with van der Waals surface area (Å²) in [4.78, 5) is 0. The van der Waals surface area contributed by atoms with E-state index in [1.165, 1.54) is 17.5 Å². The summed E-state index contributed by atoms with van der Waals surface area (Å²) in [6.07, 6.45) is 2.36. The Hall–Kier alpha value is -0.430. The summed E-state index contributed by atoms with van der Waals surface area (Å²) >= 11 is 4.55.